The highest BCUT2D eigenvalue weighted by atomic mass is 32.1. The zero-order chi connectivity index (χ0) is 15.1. The fourth-order valence-electron chi connectivity index (χ4n) is 2.11. The van der Waals surface area contributed by atoms with Crippen LogP contribution in [0.25, 0.3) is 20.4 Å². The van der Waals surface area contributed by atoms with Crippen LogP contribution in [0.3, 0.4) is 0 Å². The van der Waals surface area contributed by atoms with Gasteiger partial charge in [-0.3, -0.25) is 10.1 Å². The fraction of sp³-hybridized carbons (Fsp3) is 0.0714. The van der Waals surface area contributed by atoms with E-state index in [1.165, 1.54) is 23.7 Å². The van der Waals surface area contributed by atoms with Gasteiger partial charge in [0.25, 0.3) is 5.91 Å². The summed E-state index contributed by atoms with van der Waals surface area (Å²) in [6, 6.07) is 5.53. The van der Waals surface area contributed by atoms with E-state index in [0.717, 1.165) is 25.4 Å². The number of benzene rings is 1. The van der Waals surface area contributed by atoms with Gasteiger partial charge in [-0.1, -0.05) is 11.3 Å². The molecular weight excluding hydrogens is 318 g/mol. The molecule has 0 bridgehead atoms. The van der Waals surface area contributed by atoms with Crippen LogP contribution in [0.4, 0.5) is 5.13 Å². The standard InChI is InChI=1S/C14H9N5OS2/c1-7-17-8-3-4-9-11(10(8)21-7)22-14(18-9)19-13(20)12-15-5-2-6-16-12/h2-6H,1H3,(H,18,19,20). The Hall–Kier alpha value is -2.45. The topological polar surface area (TPSA) is 80.7 Å². The lowest BCUT2D eigenvalue weighted by atomic mass is 10.3. The number of aromatic nitrogens is 4. The average molecular weight is 327 g/mol. The van der Waals surface area contributed by atoms with Crippen molar-refractivity contribution in [2.75, 3.05) is 5.32 Å². The van der Waals surface area contributed by atoms with Crippen LogP contribution in [-0.4, -0.2) is 25.8 Å². The summed E-state index contributed by atoms with van der Waals surface area (Å²) in [6.45, 7) is 1.98. The van der Waals surface area contributed by atoms with Crippen molar-refractivity contribution in [2.24, 2.45) is 0 Å². The van der Waals surface area contributed by atoms with Crippen molar-refractivity contribution in [1.29, 1.82) is 0 Å². The van der Waals surface area contributed by atoms with Crippen molar-refractivity contribution in [2.45, 2.75) is 6.92 Å². The summed E-state index contributed by atoms with van der Waals surface area (Å²) in [5.74, 6) is -0.239. The van der Waals surface area contributed by atoms with Crippen molar-refractivity contribution in [3.8, 4) is 0 Å². The normalized spacial score (nSPS) is 11.1. The highest BCUT2D eigenvalue weighted by molar-refractivity contribution is 7.28. The lowest BCUT2D eigenvalue weighted by Gasteiger charge is -1.98. The summed E-state index contributed by atoms with van der Waals surface area (Å²) >= 11 is 3.07. The van der Waals surface area contributed by atoms with E-state index in [1.807, 2.05) is 19.1 Å². The highest BCUT2D eigenvalue weighted by Crippen LogP contribution is 2.35. The molecule has 0 spiro atoms. The van der Waals surface area contributed by atoms with Gasteiger partial charge in [0.05, 0.1) is 25.4 Å². The fourth-order valence-corrected chi connectivity index (χ4v) is 4.11. The smallest absolute Gasteiger partial charge is 0.295 e. The molecule has 8 heteroatoms. The van der Waals surface area contributed by atoms with Gasteiger partial charge in [-0.05, 0) is 25.1 Å². The van der Waals surface area contributed by atoms with E-state index >= 15 is 0 Å². The van der Waals surface area contributed by atoms with Crippen LogP contribution < -0.4 is 5.32 Å². The number of nitrogens with zero attached hydrogens (tertiary/aromatic N) is 4. The number of rotatable bonds is 2. The molecule has 0 unspecified atom stereocenters. The predicted octanol–water partition coefficient (Wildman–Crippen LogP) is 3.26. The van der Waals surface area contributed by atoms with E-state index in [4.69, 9.17) is 0 Å². The zero-order valence-electron chi connectivity index (χ0n) is 11.4. The van der Waals surface area contributed by atoms with Crippen LogP contribution in [0.5, 0.6) is 0 Å². The SMILES string of the molecule is Cc1nc2ccc3nc(NC(=O)c4ncccn4)sc3c2s1. The van der Waals surface area contributed by atoms with Gasteiger partial charge in [0.2, 0.25) is 5.82 Å². The minimum Gasteiger partial charge on any atom is -0.295 e. The van der Waals surface area contributed by atoms with Crippen LogP contribution in [-0.2, 0) is 0 Å². The van der Waals surface area contributed by atoms with Gasteiger partial charge in [0.1, 0.15) is 0 Å². The van der Waals surface area contributed by atoms with Crippen molar-refractivity contribution in [3.05, 3.63) is 41.4 Å². The van der Waals surface area contributed by atoms with E-state index in [0.29, 0.717) is 5.13 Å². The zero-order valence-corrected chi connectivity index (χ0v) is 13.0. The van der Waals surface area contributed by atoms with Gasteiger partial charge in [-0.2, -0.15) is 0 Å². The molecule has 4 rings (SSSR count). The van der Waals surface area contributed by atoms with Crippen LogP contribution >= 0.6 is 22.7 Å². The Morgan fingerprint density at radius 3 is 2.50 bits per heavy atom. The van der Waals surface area contributed by atoms with E-state index in [-0.39, 0.29) is 11.7 Å². The molecule has 0 aliphatic carbocycles. The molecule has 0 aliphatic heterocycles. The summed E-state index contributed by atoms with van der Waals surface area (Å²) in [5.41, 5.74) is 1.81. The Bertz CT molecular complexity index is 992. The minimum atomic E-state index is -0.364. The molecule has 108 valence electrons. The molecule has 4 aromatic rings. The van der Waals surface area contributed by atoms with Crippen LogP contribution in [0.2, 0.25) is 0 Å². The lowest BCUT2D eigenvalue weighted by molar-refractivity contribution is 0.101. The molecule has 22 heavy (non-hydrogen) atoms. The molecule has 0 fully saturated rings. The second kappa shape index (κ2) is 5.08. The summed E-state index contributed by atoms with van der Waals surface area (Å²) in [7, 11) is 0. The molecular formula is C14H9N5OS2. The molecule has 0 saturated heterocycles. The molecule has 0 atom stereocenters. The van der Waals surface area contributed by atoms with Crippen LogP contribution in [0.15, 0.2) is 30.6 Å². The van der Waals surface area contributed by atoms with Gasteiger partial charge in [0.15, 0.2) is 5.13 Å². The predicted molar refractivity (Wildman–Crippen MR) is 87.5 cm³/mol. The Balaban J connectivity index is 1.73. The second-order valence-corrected chi connectivity index (χ2v) is 6.74. The average Bonchev–Trinajstić information content (AvgIpc) is 3.09. The first-order valence-corrected chi connectivity index (χ1v) is 8.09. The third kappa shape index (κ3) is 2.22. The Kier molecular flexibility index (Phi) is 3.05. The number of amides is 1. The van der Waals surface area contributed by atoms with Crippen LogP contribution in [0, 0.1) is 6.92 Å². The van der Waals surface area contributed by atoms with Gasteiger partial charge < -0.3 is 0 Å². The third-order valence-corrected chi connectivity index (χ3v) is 5.15. The molecule has 1 aromatic carbocycles. The van der Waals surface area contributed by atoms with E-state index in [1.54, 1.807) is 17.4 Å². The summed E-state index contributed by atoms with van der Waals surface area (Å²) in [5, 5.41) is 4.29. The molecule has 0 saturated carbocycles. The molecule has 0 radical (unpaired) electrons. The van der Waals surface area contributed by atoms with Crippen LogP contribution in [0.1, 0.15) is 15.6 Å². The maximum absolute atomic E-state index is 12.1. The monoisotopic (exact) mass is 327 g/mol. The molecule has 3 aromatic heterocycles. The number of thiazole rings is 2. The van der Waals surface area contributed by atoms with Crippen molar-refractivity contribution >= 4 is 54.1 Å². The maximum atomic E-state index is 12.1. The van der Waals surface area contributed by atoms with Gasteiger partial charge >= 0.3 is 0 Å². The Morgan fingerprint density at radius 1 is 1.05 bits per heavy atom. The Morgan fingerprint density at radius 2 is 1.73 bits per heavy atom. The first-order valence-electron chi connectivity index (χ1n) is 6.46. The molecule has 6 nitrogen and oxygen atoms in total. The minimum absolute atomic E-state index is 0.125. The summed E-state index contributed by atoms with van der Waals surface area (Å²) < 4.78 is 2.14. The molecule has 1 N–H and O–H groups in total. The van der Waals surface area contributed by atoms with Gasteiger partial charge in [-0.25, -0.2) is 19.9 Å². The number of carbonyl (C=O) groups is 1. The molecule has 1 amide bonds. The number of anilines is 1. The molecule has 0 aliphatic rings. The van der Waals surface area contributed by atoms with Crippen molar-refractivity contribution < 1.29 is 4.79 Å². The number of hydrogen-bond acceptors (Lipinski definition) is 7. The summed E-state index contributed by atoms with van der Waals surface area (Å²) in [6.07, 6.45) is 3.06. The maximum Gasteiger partial charge on any atom is 0.295 e. The number of nitrogens with one attached hydrogen (secondary N) is 1. The highest BCUT2D eigenvalue weighted by Gasteiger charge is 2.14. The summed E-state index contributed by atoms with van der Waals surface area (Å²) in [4.78, 5) is 28.9. The van der Waals surface area contributed by atoms with Crippen molar-refractivity contribution in [3.63, 3.8) is 0 Å². The second-order valence-electron chi connectivity index (χ2n) is 4.54. The molecule has 3 heterocycles. The van der Waals surface area contributed by atoms with Gasteiger partial charge in [0, 0.05) is 12.4 Å². The third-order valence-electron chi connectivity index (χ3n) is 3.01. The van der Waals surface area contributed by atoms with Crippen molar-refractivity contribution in [1.82, 2.24) is 19.9 Å². The largest absolute Gasteiger partial charge is 0.295 e. The first-order chi connectivity index (χ1) is 10.7. The quantitative estimate of drug-likeness (QED) is 0.611. The lowest BCUT2D eigenvalue weighted by Crippen LogP contribution is -2.14. The number of fused-ring (bicyclic) bond motifs is 3. The number of aryl methyl sites for hydroxylation is 1. The van der Waals surface area contributed by atoms with Gasteiger partial charge in [-0.15, -0.1) is 11.3 Å². The number of carbonyl (C=O) groups excluding carboxylic acids is 1. The first kappa shape index (κ1) is 13.2. The van der Waals surface area contributed by atoms with E-state index < -0.39 is 0 Å². The van der Waals surface area contributed by atoms with E-state index in [9.17, 15) is 4.79 Å². The van der Waals surface area contributed by atoms with E-state index in [2.05, 4.69) is 25.3 Å². The Labute approximate surface area is 132 Å². The number of hydrogen-bond donors (Lipinski definition) is 1.